The summed E-state index contributed by atoms with van der Waals surface area (Å²) in [4.78, 5) is 0. The molecule has 0 spiro atoms. The summed E-state index contributed by atoms with van der Waals surface area (Å²) in [5, 5.41) is 0. The van der Waals surface area contributed by atoms with Crippen LogP contribution in [0.5, 0.6) is 0 Å². The molecule has 0 nitrogen and oxygen atoms in total. The van der Waals surface area contributed by atoms with Crippen molar-refractivity contribution in [2.45, 2.75) is 0 Å². The van der Waals surface area contributed by atoms with Crippen LogP contribution in [0.3, 0.4) is 0 Å². The molecular weight excluding hydrogens is 179 g/mol. The molecule has 4 heavy (non-hydrogen) atoms. The summed E-state index contributed by atoms with van der Waals surface area (Å²) in [5.74, 6) is 0. The van der Waals surface area contributed by atoms with Crippen LogP contribution in [-0.4, -0.2) is 24.4 Å². The van der Waals surface area contributed by atoms with Crippen molar-refractivity contribution < 1.29 is 14.1 Å². The van der Waals surface area contributed by atoms with Crippen LogP contribution in [0.2, 0.25) is 0 Å². The van der Waals surface area contributed by atoms with Crippen LogP contribution in [0.1, 0.15) is 0 Å². The van der Waals surface area contributed by atoms with Gasteiger partial charge in [0.15, 0.2) is 0 Å². The van der Waals surface area contributed by atoms with Gasteiger partial charge in [-0.25, -0.2) is 0 Å². The normalized spacial score (nSPS) is 0. The van der Waals surface area contributed by atoms with E-state index in [4.69, 9.17) is 0 Å². The maximum absolute atomic E-state index is 0. The van der Waals surface area contributed by atoms with Crippen molar-refractivity contribution in [3.63, 3.8) is 0 Å². The Bertz CT molecular complexity index is 3.25. The average Bonchev–Trinajstić information content (AvgIpc) is 0. The molecule has 0 aromatic heterocycles. The first kappa shape index (κ1) is 162. The van der Waals surface area contributed by atoms with Crippen molar-refractivity contribution in [2.24, 2.45) is 0 Å². The van der Waals surface area contributed by atoms with E-state index < -0.39 is 0 Å². The molecule has 0 aromatic rings. The van der Waals surface area contributed by atoms with Gasteiger partial charge in [0.1, 0.15) is 0 Å². The van der Waals surface area contributed by atoms with E-state index in [1.807, 2.05) is 0 Å². The fraction of sp³-hybridized carbons (Fsp3) is 0. The third-order valence-electron chi connectivity index (χ3n) is 0. The topological polar surface area (TPSA) is 0 Å². The van der Waals surface area contributed by atoms with Crippen molar-refractivity contribution in [3.05, 3.63) is 0 Å². The molecule has 0 N–H and O–H groups in total. The maximum Gasteiger partial charge on any atom is 3.00 e. The Kier molecular flexibility index (Phi) is 2690. The van der Waals surface area contributed by atoms with Crippen molar-refractivity contribution in [2.75, 3.05) is 0 Å². The Balaban J connectivity index is 0. The molecule has 0 bridgehead atoms. The van der Waals surface area contributed by atoms with E-state index in [9.17, 15) is 0 Å². The van der Waals surface area contributed by atoms with E-state index in [1.54, 1.807) is 0 Å². The quantitative estimate of drug-likeness (QED) is 0.324. The molecule has 0 heterocycles. The Hall–Kier alpha value is 0.608. The van der Waals surface area contributed by atoms with Gasteiger partial charge in [0.2, 0.25) is 0 Å². The molecule has 0 saturated heterocycles. The molecule has 0 atom stereocenters. The summed E-state index contributed by atoms with van der Waals surface area (Å²) in [5.41, 5.74) is 0. The molecular formula is F3Sb. The predicted octanol–water partition coefficient (Wildman–Crippen LogP) is -9.37. The smallest absolute Gasteiger partial charge is 1.00 e. The van der Waals surface area contributed by atoms with Crippen LogP contribution in [0.15, 0.2) is 0 Å². The second-order valence-electron chi connectivity index (χ2n) is 0. The Morgan fingerprint density at radius 3 is 0.500 bits per heavy atom. The molecule has 0 saturated carbocycles. The van der Waals surface area contributed by atoms with Crippen molar-refractivity contribution in [3.8, 4) is 0 Å². The van der Waals surface area contributed by atoms with E-state index in [1.165, 1.54) is 0 Å². The number of rotatable bonds is 0. The van der Waals surface area contributed by atoms with Crippen molar-refractivity contribution in [1.29, 1.82) is 0 Å². The van der Waals surface area contributed by atoms with E-state index >= 15 is 0 Å². The van der Waals surface area contributed by atoms with E-state index in [0.717, 1.165) is 0 Å². The summed E-state index contributed by atoms with van der Waals surface area (Å²) in [7, 11) is 0. The Labute approximate surface area is 39.1 Å². The summed E-state index contributed by atoms with van der Waals surface area (Å²) < 4.78 is 0. The average molecular weight is 179 g/mol. The molecule has 0 fully saturated rings. The van der Waals surface area contributed by atoms with Gasteiger partial charge in [-0.1, -0.05) is 0 Å². The minimum atomic E-state index is 0. The van der Waals surface area contributed by atoms with Gasteiger partial charge in [0.05, 0.1) is 0 Å². The zero-order valence-corrected chi connectivity index (χ0v) is 4.13. The fourth-order valence-electron chi connectivity index (χ4n) is 0. The first-order valence-electron chi connectivity index (χ1n) is 0. The molecule has 0 aliphatic carbocycles. The minimum Gasteiger partial charge on any atom is -1.00 e. The number of hydrogen-bond acceptors (Lipinski definition) is 0. The molecule has 26 valence electrons. The molecule has 0 amide bonds. The maximum atomic E-state index is 0. The SMILES string of the molecule is [F-].[F-].[F-].[Sb+3]. The third kappa shape index (κ3) is 18.2. The first-order valence-corrected chi connectivity index (χ1v) is 0. The molecule has 0 aliphatic rings. The van der Waals surface area contributed by atoms with Crippen LogP contribution in [0.4, 0.5) is 0 Å². The van der Waals surface area contributed by atoms with E-state index in [0.29, 0.717) is 0 Å². The third-order valence-corrected chi connectivity index (χ3v) is 0. The molecule has 0 unspecified atom stereocenters. The van der Waals surface area contributed by atoms with Crippen molar-refractivity contribution in [1.82, 2.24) is 0 Å². The number of halogens is 3. The molecule has 4 heteroatoms. The summed E-state index contributed by atoms with van der Waals surface area (Å²) >= 11 is 0. The van der Waals surface area contributed by atoms with Gasteiger partial charge in [-0.3, -0.25) is 0 Å². The zero-order valence-electron chi connectivity index (χ0n) is 1.58. The van der Waals surface area contributed by atoms with Crippen LogP contribution in [0, 0.1) is 0 Å². The second kappa shape index (κ2) is 66.4. The van der Waals surface area contributed by atoms with Gasteiger partial charge in [0, 0.05) is 0 Å². The van der Waals surface area contributed by atoms with Gasteiger partial charge < -0.3 is 14.1 Å². The molecule has 0 aromatic carbocycles. The van der Waals surface area contributed by atoms with Gasteiger partial charge >= 0.3 is 24.4 Å². The summed E-state index contributed by atoms with van der Waals surface area (Å²) in [6, 6.07) is 0. The Morgan fingerprint density at radius 1 is 0.500 bits per heavy atom. The van der Waals surface area contributed by atoms with Crippen LogP contribution >= 0.6 is 0 Å². The largest absolute Gasteiger partial charge is 3.00 e. The van der Waals surface area contributed by atoms with Gasteiger partial charge in [-0.2, -0.15) is 0 Å². The van der Waals surface area contributed by atoms with Gasteiger partial charge in [-0.05, 0) is 0 Å². The van der Waals surface area contributed by atoms with Gasteiger partial charge in [0.25, 0.3) is 0 Å². The molecule has 0 aliphatic heterocycles. The predicted molar refractivity (Wildman–Crippen MR) is 5.75 cm³/mol. The van der Waals surface area contributed by atoms with Gasteiger partial charge in [-0.15, -0.1) is 0 Å². The standard InChI is InChI=1S/3FH.Sb/h3*1H;/q;;;+3/p-3. The fourth-order valence-corrected chi connectivity index (χ4v) is 0. The minimum absolute atomic E-state index is 0. The molecule has 0 rings (SSSR count). The monoisotopic (exact) mass is 178 g/mol. The number of hydrogen-bond donors (Lipinski definition) is 0. The zero-order chi connectivity index (χ0) is 0. The molecule has 2 radical (unpaired) electrons. The van der Waals surface area contributed by atoms with Crippen LogP contribution in [-0.2, 0) is 0 Å². The first-order chi connectivity index (χ1) is 0. The summed E-state index contributed by atoms with van der Waals surface area (Å²) in [6.07, 6.45) is 0. The van der Waals surface area contributed by atoms with Crippen LogP contribution in [0.25, 0.3) is 0 Å². The summed E-state index contributed by atoms with van der Waals surface area (Å²) in [6.45, 7) is 0. The van der Waals surface area contributed by atoms with Crippen LogP contribution < -0.4 is 14.1 Å². The van der Waals surface area contributed by atoms with E-state index in [2.05, 4.69) is 0 Å². The van der Waals surface area contributed by atoms with E-state index in [-0.39, 0.29) is 38.5 Å². The Morgan fingerprint density at radius 2 is 0.500 bits per heavy atom. The second-order valence-corrected chi connectivity index (χ2v) is 0. The van der Waals surface area contributed by atoms with Crippen molar-refractivity contribution >= 4 is 24.4 Å².